The van der Waals surface area contributed by atoms with Crippen LogP contribution in [0.3, 0.4) is 0 Å². The Bertz CT molecular complexity index is 628. The van der Waals surface area contributed by atoms with E-state index in [4.69, 9.17) is 0 Å². The summed E-state index contributed by atoms with van der Waals surface area (Å²) >= 11 is 0. The van der Waals surface area contributed by atoms with Crippen molar-refractivity contribution >= 4 is 11.7 Å². The van der Waals surface area contributed by atoms with Gasteiger partial charge in [-0.1, -0.05) is 0 Å². The van der Waals surface area contributed by atoms with Crippen LogP contribution < -0.4 is 15.4 Å². The summed E-state index contributed by atoms with van der Waals surface area (Å²) in [5.74, 6) is 0.0321. The topological polar surface area (TPSA) is 68.2 Å². The molecule has 118 valence electrons. The maximum atomic E-state index is 12.0. The summed E-state index contributed by atoms with van der Waals surface area (Å²) in [5, 5.41) is 9.39. The highest BCUT2D eigenvalue weighted by Crippen LogP contribution is 2.18. The van der Waals surface area contributed by atoms with Crippen molar-refractivity contribution in [1.29, 1.82) is 0 Å². The van der Waals surface area contributed by atoms with Crippen molar-refractivity contribution in [1.82, 2.24) is 15.1 Å². The molecule has 1 unspecified atom stereocenters. The predicted octanol–water partition coefficient (Wildman–Crippen LogP) is 2.90. The molecule has 0 spiro atoms. The molecule has 1 atom stereocenters. The van der Waals surface area contributed by atoms with E-state index in [1.165, 1.54) is 24.3 Å². The Morgan fingerprint density at radius 2 is 2.00 bits per heavy atom. The van der Waals surface area contributed by atoms with Crippen LogP contribution in [-0.2, 0) is 7.05 Å². The average molecular weight is 310 g/mol. The van der Waals surface area contributed by atoms with E-state index in [9.17, 15) is 13.6 Å². The van der Waals surface area contributed by atoms with Crippen molar-refractivity contribution in [2.75, 3.05) is 5.32 Å². The van der Waals surface area contributed by atoms with Crippen LogP contribution in [0.25, 0.3) is 0 Å². The number of hydrogen-bond acceptors (Lipinski definition) is 3. The number of urea groups is 1. The molecule has 0 aliphatic heterocycles. The third-order valence-corrected chi connectivity index (χ3v) is 2.91. The van der Waals surface area contributed by atoms with Crippen molar-refractivity contribution < 1.29 is 18.3 Å². The number of rotatable bonds is 5. The SMILES string of the molecule is CC(NC(=O)Nc1ccc(OC(F)F)cc1)c1cnn(C)c1. The van der Waals surface area contributed by atoms with E-state index in [2.05, 4.69) is 20.5 Å². The zero-order chi connectivity index (χ0) is 16.1. The molecule has 6 nitrogen and oxygen atoms in total. The molecule has 1 aromatic heterocycles. The van der Waals surface area contributed by atoms with Crippen LogP contribution in [0.1, 0.15) is 18.5 Å². The highest BCUT2D eigenvalue weighted by atomic mass is 19.3. The fourth-order valence-corrected chi connectivity index (χ4v) is 1.83. The first kappa shape index (κ1) is 15.7. The van der Waals surface area contributed by atoms with E-state index in [0.29, 0.717) is 5.69 Å². The molecule has 0 aliphatic carbocycles. The molecule has 0 saturated carbocycles. The summed E-state index contributed by atoms with van der Waals surface area (Å²) in [5.41, 5.74) is 1.34. The number of hydrogen-bond donors (Lipinski definition) is 2. The molecular weight excluding hydrogens is 294 g/mol. The second kappa shape index (κ2) is 6.88. The number of carbonyl (C=O) groups excluding carboxylic acids is 1. The number of aromatic nitrogens is 2. The van der Waals surface area contributed by atoms with Gasteiger partial charge in [0.1, 0.15) is 5.75 Å². The highest BCUT2D eigenvalue weighted by molar-refractivity contribution is 5.89. The summed E-state index contributed by atoms with van der Waals surface area (Å²) in [6.07, 6.45) is 3.48. The molecular formula is C14H16F2N4O2. The summed E-state index contributed by atoms with van der Waals surface area (Å²) in [6.45, 7) is -1.04. The summed E-state index contributed by atoms with van der Waals surface area (Å²) in [7, 11) is 1.79. The lowest BCUT2D eigenvalue weighted by atomic mass is 10.2. The Hall–Kier alpha value is -2.64. The van der Waals surface area contributed by atoms with Crippen molar-refractivity contribution in [2.24, 2.45) is 7.05 Å². The monoisotopic (exact) mass is 310 g/mol. The maximum absolute atomic E-state index is 12.0. The summed E-state index contributed by atoms with van der Waals surface area (Å²) < 4.78 is 29.9. The van der Waals surface area contributed by atoms with E-state index in [0.717, 1.165) is 5.56 Å². The van der Waals surface area contributed by atoms with Crippen molar-refractivity contribution in [3.63, 3.8) is 0 Å². The van der Waals surface area contributed by atoms with Gasteiger partial charge in [-0.25, -0.2) is 4.79 Å². The zero-order valence-corrected chi connectivity index (χ0v) is 12.1. The molecule has 1 heterocycles. The third-order valence-electron chi connectivity index (χ3n) is 2.91. The number of ether oxygens (including phenoxy) is 1. The number of nitrogens with zero attached hydrogens (tertiary/aromatic N) is 2. The minimum atomic E-state index is -2.87. The Balaban J connectivity index is 1.88. The van der Waals surface area contributed by atoms with E-state index < -0.39 is 12.6 Å². The van der Waals surface area contributed by atoms with Crippen molar-refractivity contribution in [3.05, 3.63) is 42.2 Å². The van der Waals surface area contributed by atoms with Crippen LogP contribution >= 0.6 is 0 Å². The fraction of sp³-hybridized carbons (Fsp3) is 0.286. The Labute approximate surface area is 126 Å². The van der Waals surface area contributed by atoms with Gasteiger partial charge in [0, 0.05) is 24.5 Å². The molecule has 1 aromatic carbocycles. The Kier molecular flexibility index (Phi) is 4.92. The van der Waals surface area contributed by atoms with E-state index in [1.807, 2.05) is 6.92 Å². The molecule has 0 radical (unpaired) electrons. The van der Waals surface area contributed by atoms with Gasteiger partial charge in [-0.2, -0.15) is 13.9 Å². The number of amides is 2. The van der Waals surface area contributed by atoms with Crippen LogP contribution in [0.2, 0.25) is 0 Å². The van der Waals surface area contributed by atoms with Gasteiger partial charge in [0.2, 0.25) is 0 Å². The molecule has 2 rings (SSSR count). The number of nitrogens with one attached hydrogen (secondary N) is 2. The normalized spacial score (nSPS) is 12.0. The van der Waals surface area contributed by atoms with E-state index >= 15 is 0 Å². The highest BCUT2D eigenvalue weighted by Gasteiger charge is 2.11. The van der Waals surface area contributed by atoms with Gasteiger partial charge in [-0.05, 0) is 31.2 Å². The van der Waals surface area contributed by atoms with Crippen LogP contribution in [0.15, 0.2) is 36.7 Å². The minimum Gasteiger partial charge on any atom is -0.435 e. The average Bonchev–Trinajstić information content (AvgIpc) is 2.87. The Morgan fingerprint density at radius 1 is 1.32 bits per heavy atom. The van der Waals surface area contributed by atoms with Crippen LogP contribution in [-0.4, -0.2) is 22.4 Å². The zero-order valence-electron chi connectivity index (χ0n) is 12.1. The molecule has 2 aromatic rings. The lowest BCUT2D eigenvalue weighted by Gasteiger charge is -2.13. The standard InChI is InChI=1S/C14H16F2N4O2/c1-9(10-7-17-20(2)8-10)18-14(21)19-11-3-5-12(6-4-11)22-13(15)16/h3-9,13H,1-2H3,(H2,18,19,21). The van der Waals surface area contributed by atoms with E-state index in [-0.39, 0.29) is 11.8 Å². The van der Waals surface area contributed by atoms with Gasteiger partial charge in [-0.15, -0.1) is 0 Å². The molecule has 0 bridgehead atoms. The van der Waals surface area contributed by atoms with Crippen LogP contribution in [0.4, 0.5) is 19.3 Å². The first-order chi connectivity index (χ1) is 10.4. The number of aryl methyl sites for hydroxylation is 1. The molecule has 0 saturated heterocycles. The molecule has 2 N–H and O–H groups in total. The van der Waals surface area contributed by atoms with Crippen molar-refractivity contribution in [2.45, 2.75) is 19.6 Å². The Morgan fingerprint density at radius 3 is 2.55 bits per heavy atom. The van der Waals surface area contributed by atoms with Gasteiger partial charge in [0.05, 0.1) is 12.2 Å². The smallest absolute Gasteiger partial charge is 0.387 e. The summed E-state index contributed by atoms with van der Waals surface area (Å²) in [6, 6.07) is 5.05. The van der Waals surface area contributed by atoms with Gasteiger partial charge in [0.15, 0.2) is 0 Å². The largest absolute Gasteiger partial charge is 0.435 e. The number of halogens is 2. The molecule has 2 amide bonds. The molecule has 0 aliphatic rings. The predicted molar refractivity (Wildman–Crippen MR) is 76.9 cm³/mol. The van der Waals surface area contributed by atoms with Crippen molar-refractivity contribution in [3.8, 4) is 5.75 Å². The van der Waals surface area contributed by atoms with Crippen LogP contribution in [0.5, 0.6) is 5.75 Å². The number of alkyl halides is 2. The molecule has 8 heteroatoms. The van der Waals surface area contributed by atoms with Gasteiger partial charge in [0.25, 0.3) is 0 Å². The first-order valence-corrected chi connectivity index (χ1v) is 6.55. The maximum Gasteiger partial charge on any atom is 0.387 e. The lowest BCUT2D eigenvalue weighted by Crippen LogP contribution is -2.31. The minimum absolute atomic E-state index is 0.0321. The fourth-order valence-electron chi connectivity index (χ4n) is 1.83. The second-order valence-corrected chi connectivity index (χ2v) is 4.67. The lowest BCUT2D eigenvalue weighted by molar-refractivity contribution is -0.0498. The van der Waals surface area contributed by atoms with Gasteiger partial charge >= 0.3 is 12.6 Å². The number of benzene rings is 1. The number of carbonyl (C=O) groups is 1. The van der Waals surface area contributed by atoms with E-state index in [1.54, 1.807) is 24.1 Å². The van der Waals surface area contributed by atoms with Gasteiger partial charge in [-0.3, -0.25) is 4.68 Å². The second-order valence-electron chi connectivity index (χ2n) is 4.67. The quantitative estimate of drug-likeness (QED) is 0.892. The molecule has 22 heavy (non-hydrogen) atoms. The summed E-state index contributed by atoms with van der Waals surface area (Å²) in [4.78, 5) is 11.9. The first-order valence-electron chi connectivity index (χ1n) is 6.55. The molecule has 0 fully saturated rings. The van der Waals surface area contributed by atoms with Gasteiger partial charge < -0.3 is 15.4 Å². The third kappa shape index (κ3) is 4.44. The number of anilines is 1. The van der Waals surface area contributed by atoms with Crippen LogP contribution in [0, 0.1) is 0 Å².